The first-order valence-corrected chi connectivity index (χ1v) is 14.1. The highest BCUT2D eigenvalue weighted by Crippen LogP contribution is 2.33. The Balaban J connectivity index is 0.000000236. The predicted octanol–water partition coefficient (Wildman–Crippen LogP) is 9.36. The molecule has 43 heavy (non-hydrogen) atoms. The lowest BCUT2D eigenvalue weighted by molar-refractivity contribution is -0.148. The van der Waals surface area contributed by atoms with E-state index in [1.807, 2.05) is 0 Å². The second-order valence-corrected chi connectivity index (χ2v) is 10.4. The van der Waals surface area contributed by atoms with Gasteiger partial charge in [0.05, 0.1) is 17.2 Å². The largest absolute Gasteiger partial charge is 0.479 e. The molecule has 2 atom stereocenters. The van der Waals surface area contributed by atoms with E-state index in [-0.39, 0.29) is 0 Å². The fourth-order valence-corrected chi connectivity index (χ4v) is 4.11. The summed E-state index contributed by atoms with van der Waals surface area (Å²) in [7, 11) is 1.31. The third-order valence-corrected chi connectivity index (χ3v) is 6.46. The van der Waals surface area contributed by atoms with Gasteiger partial charge in [-0.15, -0.1) is 0 Å². The minimum absolute atomic E-state index is 0.405. The van der Waals surface area contributed by atoms with Crippen LogP contribution in [-0.4, -0.2) is 36.4 Å². The molecule has 8 nitrogen and oxygen atoms in total. The van der Waals surface area contributed by atoms with Gasteiger partial charge in [-0.2, -0.15) is 0 Å². The summed E-state index contributed by atoms with van der Waals surface area (Å²) in [4.78, 5) is 22.0. The monoisotopic (exact) mass is 666 g/mol. The topological polar surface area (TPSA) is 101 Å². The van der Waals surface area contributed by atoms with Crippen molar-refractivity contribution in [3.8, 4) is 34.5 Å². The number of esters is 1. The fourth-order valence-electron chi connectivity index (χ4n) is 3.22. The first kappa shape index (κ1) is 33.7. The summed E-state index contributed by atoms with van der Waals surface area (Å²) in [6, 6.07) is 23.3. The number of hydrogen-bond donors (Lipinski definition) is 1. The Morgan fingerprint density at radius 2 is 0.977 bits per heavy atom. The Labute approximate surface area is 268 Å². The molecule has 0 saturated heterocycles. The van der Waals surface area contributed by atoms with Gasteiger partial charge in [0, 0.05) is 10.0 Å². The molecule has 0 aliphatic carbocycles. The van der Waals surface area contributed by atoms with Crippen molar-refractivity contribution in [3.05, 3.63) is 105 Å². The Bertz CT molecular complexity index is 1530. The quantitative estimate of drug-likeness (QED) is 0.167. The summed E-state index contributed by atoms with van der Waals surface area (Å²) < 4.78 is 26.5. The van der Waals surface area contributed by atoms with E-state index in [0.717, 1.165) is 0 Å². The first-order valence-electron chi connectivity index (χ1n) is 12.5. The molecule has 0 saturated carbocycles. The molecular weight excluding hydrogens is 642 g/mol. The maximum absolute atomic E-state index is 11.3. The number of rotatable bonds is 10. The molecule has 1 N–H and O–H groups in total. The molecule has 0 aliphatic rings. The molecule has 226 valence electrons. The van der Waals surface area contributed by atoms with Crippen molar-refractivity contribution in [1.29, 1.82) is 0 Å². The van der Waals surface area contributed by atoms with Crippen LogP contribution in [0.25, 0.3) is 0 Å². The van der Waals surface area contributed by atoms with Crippen LogP contribution < -0.4 is 18.9 Å². The average molecular weight is 668 g/mol. The summed E-state index contributed by atoms with van der Waals surface area (Å²) >= 11 is 23.7. The average Bonchev–Trinajstić information content (AvgIpc) is 2.97. The molecule has 4 rings (SSSR count). The third kappa shape index (κ3) is 10.8. The SMILES string of the molecule is CC(Oc1ccc(Oc2ccc(Cl)cc2Cl)cc1)C(=O)O.COC(=O)C(C)Oc1ccc(Oc2ccc(Cl)cc2Cl)cc1. The molecule has 0 amide bonds. The number of carbonyl (C=O) groups excluding carboxylic acids is 1. The van der Waals surface area contributed by atoms with Crippen molar-refractivity contribution in [2.75, 3.05) is 7.11 Å². The van der Waals surface area contributed by atoms with Crippen molar-refractivity contribution in [3.63, 3.8) is 0 Å². The van der Waals surface area contributed by atoms with E-state index >= 15 is 0 Å². The Morgan fingerprint density at radius 1 is 0.605 bits per heavy atom. The molecule has 0 heterocycles. The van der Waals surface area contributed by atoms with E-state index in [2.05, 4.69) is 4.74 Å². The van der Waals surface area contributed by atoms with Crippen LogP contribution in [0.15, 0.2) is 84.9 Å². The number of benzene rings is 4. The zero-order valence-corrected chi connectivity index (χ0v) is 26.1. The van der Waals surface area contributed by atoms with Crippen LogP contribution in [0.4, 0.5) is 0 Å². The van der Waals surface area contributed by atoms with Gasteiger partial charge in [0.25, 0.3) is 0 Å². The Morgan fingerprint density at radius 3 is 1.33 bits per heavy atom. The van der Waals surface area contributed by atoms with Crippen LogP contribution in [-0.2, 0) is 14.3 Å². The summed E-state index contributed by atoms with van der Waals surface area (Å²) in [5.74, 6) is 1.64. The zero-order chi connectivity index (χ0) is 31.5. The van der Waals surface area contributed by atoms with Gasteiger partial charge in [-0.05, 0) is 98.8 Å². The molecule has 0 fully saturated rings. The van der Waals surface area contributed by atoms with Crippen LogP contribution in [0.1, 0.15) is 13.8 Å². The molecule has 12 heteroatoms. The lowest BCUT2D eigenvalue weighted by atomic mass is 10.3. The molecule has 0 aromatic heterocycles. The van der Waals surface area contributed by atoms with Crippen molar-refractivity contribution in [2.24, 2.45) is 0 Å². The highest BCUT2D eigenvalue weighted by atomic mass is 35.5. The maximum atomic E-state index is 11.3. The van der Waals surface area contributed by atoms with E-state index < -0.39 is 24.1 Å². The lowest BCUT2D eigenvalue weighted by Gasteiger charge is -2.13. The number of hydrogen-bond acceptors (Lipinski definition) is 7. The standard InChI is InChI=1S/C16H14Cl2O4.C15H12Cl2O4/c1-10(16(19)20-2)21-12-4-6-13(7-5-12)22-15-8-3-11(17)9-14(15)18;1-9(15(18)19)20-11-3-5-12(6-4-11)21-14-7-2-10(16)8-13(14)17/h3-10H,1-2H3;2-9H,1H3,(H,18,19). The minimum Gasteiger partial charge on any atom is -0.479 e. The van der Waals surface area contributed by atoms with Gasteiger partial charge < -0.3 is 28.8 Å². The van der Waals surface area contributed by atoms with Crippen molar-refractivity contribution < 1.29 is 38.4 Å². The first-order chi connectivity index (χ1) is 20.4. The van der Waals surface area contributed by atoms with Gasteiger partial charge >= 0.3 is 11.9 Å². The summed E-state index contributed by atoms with van der Waals surface area (Å²) in [5.41, 5.74) is 0. The van der Waals surface area contributed by atoms with E-state index in [0.29, 0.717) is 54.6 Å². The van der Waals surface area contributed by atoms with Gasteiger partial charge in [-0.25, -0.2) is 9.59 Å². The molecule has 0 spiro atoms. The molecule has 4 aromatic rings. The minimum atomic E-state index is -1.02. The molecule has 0 bridgehead atoms. The van der Waals surface area contributed by atoms with Crippen molar-refractivity contribution in [2.45, 2.75) is 26.1 Å². The second-order valence-electron chi connectivity index (χ2n) is 8.68. The number of halogens is 4. The van der Waals surface area contributed by atoms with E-state index in [1.54, 1.807) is 91.9 Å². The second kappa shape index (κ2) is 16.1. The van der Waals surface area contributed by atoms with Crippen LogP contribution in [0.2, 0.25) is 20.1 Å². The van der Waals surface area contributed by atoms with E-state index in [4.69, 9.17) is 70.5 Å². The van der Waals surface area contributed by atoms with E-state index in [1.165, 1.54) is 14.0 Å². The van der Waals surface area contributed by atoms with Crippen LogP contribution in [0.3, 0.4) is 0 Å². The predicted molar refractivity (Wildman–Crippen MR) is 166 cm³/mol. The van der Waals surface area contributed by atoms with Crippen LogP contribution >= 0.6 is 46.4 Å². The van der Waals surface area contributed by atoms with Gasteiger partial charge in [-0.1, -0.05) is 46.4 Å². The van der Waals surface area contributed by atoms with Gasteiger partial charge in [-0.3, -0.25) is 0 Å². The van der Waals surface area contributed by atoms with Crippen molar-refractivity contribution in [1.82, 2.24) is 0 Å². The number of ether oxygens (including phenoxy) is 5. The maximum Gasteiger partial charge on any atom is 0.346 e. The van der Waals surface area contributed by atoms with Gasteiger partial charge in [0.15, 0.2) is 12.2 Å². The summed E-state index contributed by atoms with van der Waals surface area (Å²) in [5, 5.41) is 10.7. The van der Waals surface area contributed by atoms with E-state index in [9.17, 15) is 9.59 Å². The number of carboxylic acid groups (broad SMARTS) is 1. The molecule has 4 aromatic carbocycles. The number of carbonyl (C=O) groups is 2. The third-order valence-electron chi connectivity index (χ3n) is 5.40. The molecular formula is C31H26Cl4O8. The Kier molecular flexibility index (Phi) is 12.6. The van der Waals surface area contributed by atoms with Crippen LogP contribution in [0.5, 0.6) is 34.5 Å². The fraction of sp³-hybridized carbons (Fsp3) is 0.161. The van der Waals surface area contributed by atoms with Gasteiger partial charge in [0.1, 0.15) is 34.5 Å². The molecule has 2 unspecified atom stereocenters. The highest BCUT2D eigenvalue weighted by Gasteiger charge is 2.15. The Hall–Kier alpha value is -3.82. The summed E-state index contributed by atoms with van der Waals surface area (Å²) in [6.07, 6.45) is -1.59. The number of carboxylic acids is 1. The normalized spacial score (nSPS) is 11.7. The van der Waals surface area contributed by atoms with Crippen molar-refractivity contribution >= 4 is 58.3 Å². The zero-order valence-electron chi connectivity index (χ0n) is 23.1. The lowest BCUT2D eigenvalue weighted by Crippen LogP contribution is -2.24. The van der Waals surface area contributed by atoms with Gasteiger partial charge in [0.2, 0.25) is 0 Å². The smallest absolute Gasteiger partial charge is 0.346 e. The molecule has 0 radical (unpaired) electrons. The summed E-state index contributed by atoms with van der Waals surface area (Å²) in [6.45, 7) is 3.07. The number of methoxy groups -OCH3 is 1. The number of aliphatic carboxylic acids is 1. The highest BCUT2D eigenvalue weighted by molar-refractivity contribution is 6.36. The molecule has 0 aliphatic heterocycles. The van der Waals surface area contributed by atoms with Crippen LogP contribution in [0, 0.1) is 0 Å².